The van der Waals surface area contributed by atoms with E-state index >= 15 is 0 Å². The second kappa shape index (κ2) is 9.03. The van der Waals surface area contributed by atoms with Gasteiger partial charge in [-0.2, -0.15) is 0 Å². The van der Waals surface area contributed by atoms with Gasteiger partial charge in [-0.15, -0.1) is 10.2 Å². The molecule has 2 atom stereocenters. The molecule has 27 heavy (non-hydrogen) atoms. The topological polar surface area (TPSA) is 97.1 Å². The number of urea groups is 1. The summed E-state index contributed by atoms with van der Waals surface area (Å²) in [4.78, 5) is 24.0. The first-order valence-electron chi connectivity index (χ1n) is 9.15. The lowest BCUT2D eigenvalue weighted by atomic mass is 9.86. The van der Waals surface area contributed by atoms with Crippen LogP contribution in [0.2, 0.25) is 0 Å². The van der Waals surface area contributed by atoms with Gasteiger partial charge in [-0.25, -0.2) is 4.79 Å². The molecule has 1 aromatic heterocycles. The summed E-state index contributed by atoms with van der Waals surface area (Å²) in [6, 6.07) is 7.43. The summed E-state index contributed by atoms with van der Waals surface area (Å²) in [5.74, 6) is 0.481. The predicted molar refractivity (Wildman–Crippen MR) is 103 cm³/mol. The fourth-order valence-electron chi connectivity index (χ4n) is 3.11. The van der Waals surface area contributed by atoms with Crippen molar-refractivity contribution in [3.8, 4) is 11.5 Å². The van der Waals surface area contributed by atoms with Gasteiger partial charge in [0.15, 0.2) is 0 Å². The number of rotatable bonds is 5. The van der Waals surface area contributed by atoms with Crippen LogP contribution in [-0.4, -0.2) is 33.9 Å². The van der Waals surface area contributed by atoms with Gasteiger partial charge in [0.25, 0.3) is 5.22 Å². The van der Waals surface area contributed by atoms with Crippen LogP contribution in [-0.2, 0) is 4.79 Å². The maximum atomic E-state index is 12.0. The third-order valence-corrected chi connectivity index (χ3v) is 5.53. The Morgan fingerprint density at radius 2 is 1.93 bits per heavy atom. The third kappa shape index (κ3) is 5.56. The van der Waals surface area contributed by atoms with Crippen molar-refractivity contribution in [1.29, 1.82) is 0 Å². The molecule has 1 fully saturated rings. The normalized spacial score (nSPS) is 19.5. The summed E-state index contributed by atoms with van der Waals surface area (Å²) in [7, 11) is 0. The van der Waals surface area contributed by atoms with E-state index in [0.717, 1.165) is 42.2 Å². The minimum atomic E-state index is -0.440. The molecule has 0 bridgehead atoms. The minimum Gasteiger partial charge on any atom is -0.411 e. The summed E-state index contributed by atoms with van der Waals surface area (Å²) in [6.45, 7) is 4.13. The van der Waals surface area contributed by atoms with Gasteiger partial charge in [-0.3, -0.25) is 10.1 Å². The lowest BCUT2D eigenvalue weighted by molar-refractivity contribution is -0.117. The summed E-state index contributed by atoms with van der Waals surface area (Å²) in [6.07, 6.45) is 4.38. The van der Waals surface area contributed by atoms with Crippen LogP contribution in [0.4, 0.5) is 4.79 Å². The fourth-order valence-corrected chi connectivity index (χ4v) is 3.67. The number of imide groups is 1. The average molecular weight is 388 g/mol. The molecule has 1 aliphatic carbocycles. The van der Waals surface area contributed by atoms with Gasteiger partial charge in [0.05, 0.1) is 5.75 Å². The number of hydrogen-bond donors (Lipinski definition) is 2. The Labute approximate surface area is 162 Å². The van der Waals surface area contributed by atoms with Crippen LogP contribution >= 0.6 is 11.8 Å². The van der Waals surface area contributed by atoms with Crippen molar-refractivity contribution >= 4 is 23.7 Å². The van der Waals surface area contributed by atoms with E-state index in [9.17, 15) is 9.59 Å². The molecule has 0 saturated heterocycles. The van der Waals surface area contributed by atoms with Gasteiger partial charge in [0, 0.05) is 11.6 Å². The number of aromatic nitrogens is 2. The lowest BCUT2D eigenvalue weighted by Crippen LogP contribution is -2.48. The molecular weight excluding hydrogens is 364 g/mol. The predicted octanol–water partition coefficient (Wildman–Crippen LogP) is 3.54. The van der Waals surface area contributed by atoms with Crippen molar-refractivity contribution in [3.63, 3.8) is 0 Å². The first-order chi connectivity index (χ1) is 13.0. The second-order valence-electron chi connectivity index (χ2n) is 6.92. The molecule has 0 unspecified atom stereocenters. The number of nitrogens with one attached hydrogen (secondary N) is 2. The van der Waals surface area contributed by atoms with Crippen LogP contribution in [0, 0.1) is 12.8 Å². The van der Waals surface area contributed by atoms with Gasteiger partial charge in [-0.05, 0) is 37.8 Å². The van der Waals surface area contributed by atoms with Crippen LogP contribution in [0.25, 0.3) is 11.5 Å². The first-order valence-corrected chi connectivity index (χ1v) is 10.1. The van der Waals surface area contributed by atoms with Crippen molar-refractivity contribution in [2.24, 2.45) is 5.92 Å². The van der Waals surface area contributed by atoms with E-state index in [2.05, 4.69) is 27.8 Å². The van der Waals surface area contributed by atoms with E-state index in [1.165, 1.54) is 6.42 Å². The van der Waals surface area contributed by atoms with Crippen molar-refractivity contribution in [2.75, 3.05) is 5.75 Å². The number of thioether (sulfide) groups is 1. The zero-order valence-electron chi connectivity index (χ0n) is 15.5. The quantitative estimate of drug-likeness (QED) is 0.761. The molecule has 3 rings (SSSR count). The number of aryl methyl sites for hydroxylation is 1. The molecule has 1 aromatic carbocycles. The zero-order valence-corrected chi connectivity index (χ0v) is 16.3. The molecule has 8 heteroatoms. The maximum absolute atomic E-state index is 12.0. The van der Waals surface area contributed by atoms with Crippen LogP contribution in [0.15, 0.2) is 33.9 Å². The third-order valence-electron chi connectivity index (χ3n) is 4.71. The monoisotopic (exact) mass is 388 g/mol. The number of nitrogens with zero attached hydrogens (tertiary/aromatic N) is 2. The molecule has 0 radical (unpaired) electrons. The van der Waals surface area contributed by atoms with Crippen molar-refractivity contribution in [3.05, 3.63) is 29.8 Å². The molecule has 7 nitrogen and oxygen atoms in total. The Kier molecular flexibility index (Phi) is 6.49. The standard InChI is InChI=1S/C19H24N4O3S/c1-12-7-9-14(10-8-12)17-22-23-19(26-17)27-11-16(24)21-18(25)20-15-6-4-3-5-13(15)2/h7-10,13,15H,3-6,11H2,1-2H3,(H2,20,21,24,25)/t13-,15+/m0/s1. The summed E-state index contributed by atoms with van der Waals surface area (Å²) in [5.41, 5.74) is 1.97. The Hall–Kier alpha value is -2.35. The Balaban J connectivity index is 1.45. The Morgan fingerprint density at radius 1 is 1.19 bits per heavy atom. The zero-order chi connectivity index (χ0) is 19.2. The van der Waals surface area contributed by atoms with Crippen LogP contribution in [0.5, 0.6) is 0 Å². The van der Waals surface area contributed by atoms with E-state index in [4.69, 9.17) is 4.42 Å². The molecule has 1 heterocycles. The van der Waals surface area contributed by atoms with Gasteiger partial charge in [0.2, 0.25) is 11.8 Å². The van der Waals surface area contributed by atoms with Crippen molar-refractivity contribution in [2.45, 2.75) is 50.8 Å². The highest BCUT2D eigenvalue weighted by Crippen LogP contribution is 2.24. The van der Waals surface area contributed by atoms with Crippen LogP contribution in [0.1, 0.15) is 38.2 Å². The molecule has 0 spiro atoms. The smallest absolute Gasteiger partial charge is 0.321 e. The Morgan fingerprint density at radius 3 is 2.67 bits per heavy atom. The number of carbonyl (C=O) groups excluding carboxylic acids is 2. The van der Waals surface area contributed by atoms with Crippen LogP contribution < -0.4 is 10.6 Å². The van der Waals surface area contributed by atoms with E-state index in [0.29, 0.717) is 17.0 Å². The molecule has 3 amide bonds. The molecule has 144 valence electrons. The Bertz CT molecular complexity index is 791. The molecular formula is C19H24N4O3S. The molecule has 0 aliphatic heterocycles. The minimum absolute atomic E-state index is 0.0309. The van der Waals surface area contributed by atoms with Crippen molar-refractivity contribution < 1.29 is 14.0 Å². The number of carbonyl (C=O) groups is 2. The van der Waals surface area contributed by atoms with Gasteiger partial charge in [-0.1, -0.05) is 49.2 Å². The number of amides is 3. The lowest BCUT2D eigenvalue weighted by Gasteiger charge is -2.29. The van der Waals surface area contributed by atoms with E-state index < -0.39 is 11.9 Å². The van der Waals surface area contributed by atoms with E-state index in [1.807, 2.05) is 31.2 Å². The van der Waals surface area contributed by atoms with Crippen molar-refractivity contribution in [1.82, 2.24) is 20.8 Å². The average Bonchev–Trinajstić information content (AvgIpc) is 3.11. The number of hydrogen-bond acceptors (Lipinski definition) is 6. The first kappa shape index (κ1) is 19.4. The summed E-state index contributed by atoms with van der Waals surface area (Å²) in [5, 5.41) is 13.5. The summed E-state index contributed by atoms with van der Waals surface area (Å²) < 4.78 is 5.56. The van der Waals surface area contributed by atoms with Gasteiger partial charge in [0.1, 0.15) is 0 Å². The summed E-state index contributed by atoms with van der Waals surface area (Å²) >= 11 is 1.10. The fraction of sp³-hybridized carbons (Fsp3) is 0.474. The number of benzene rings is 1. The maximum Gasteiger partial charge on any atom is 0.321 e. The largest absolute Gasteiger partial charge is 0.411 e. The van der Waals surface area contributed by atoms with E-state index in [-0.39, 0.29) is 11.8 Å². The highest BCUT2D eigenvalue weighted by Gasteiger charge is 2.23. The van der Waals surface area contributed by atoms with Gasteiger partial charge < -0.3 is 9.73 Å². The SMILES string of the molecule is Cc1ccc(-c2nnc(SCC(=O)NC(=O)N[C@@H]3CCCC[C@@H]3C)o2)cc1. The molecule has 1 saturated carbocycles. The molecule has 2 N–H and O–H groups in total. The van der Waals surface area contributed by atoms with Gasteiger partial charge >= 0.3 is 6.03 Å². The van der Waals surface area contributed by atoms with Crippen LogP contribution in [0.3, 0.4) is 0 Å². The highest BCUT2D eigenvalue weighted by atomic mass is 32.2. The van der Waals surface area contributed by atoms with E-state index in [1.54, 1.807) is 0 Å². The molecule has 2 aromatic rings. The highest BCUT2D eigenvalue weighted by molar-refractivity contribution is 7.99. The second-order valence-corrected chi connectivity index (χ2v) is 7.84. The molecule has 1 aliphatic rings.